The van der Waals surface area contributed by atoms with Gasteiger partial charge in [-0.05, 0) is 25.8 Å². The van der Waals surface area contributed by atoms with Gasteiger partial charge in [-0.15, -0.1) is 0 Å². The first-order valence-corrected chi connectivity index (χ1v) is 4.48. The van der Waals surface area contributed by atoms with Crippen LogP contribution in [0.5, 0.6) is 0 Å². The number of hydrogen-bond donors (Lipinski definition) is 1. The molecule has 0 bridgehead atoms. The van der Waals surface area contributed by atoms with Gasteiger partial charge in [0.1, 0.15) is 0 Å². The van der Waals surface area contributed by atoms with E-state index in [4.69, 9.17) is 0 Å². The second kappa shape index (κ2) is 4.09. The van der Waals surface area contributed by atoms with Gasteiger partial charge in [-0.25, -0.2) is 5.01 Å². The van der Waals surface area contributed by atoms with Crippen molar-refractivity contribution in [2.75, 3.05) is 0 Å². The summed E-state index contributed by atoms with van der Waals surface area (Å²) in [6.07, 6.45) is 3.04. The molecular formula is C10H14N2O2. The van der Waals surface area contributed by atoms with E-state index in [2.05, 4.69) is 18.6 Å². The maximum absolute atomic E-state index is 11.3. The Morgan fingerprint density at radius 3 is 2.43 bits per heavy atom. The molecule has 0 saturated heterocycles. The first-order chi connectivity index (χ1) is 6.56. The van der Waals surface area contributed by atoms with E-state index in [0.29, 0.717) is 5.57 Å². The van der Waals surface area contributed by atoms with E-state index in [1.807, 2.05) is 0 Å². The quantitative estimate of drug-likeness (QED) is 0.533. The third kappa shape index (κ3) is 2.45. The van der Waals surface area contributed by atoms with Crippen LogP contribution in [0.3, 0.4) is 0 Å². The highest BCUT2D eigenvalue weighted by molar-refractivity contribution is 5.95. The van der Waals surface area contributed by atoms with Crippen LogP contribution in [-0.2, 0) is 9.59 Å². The van der Waals surface area contributed by atoms with Crippen LogP contribution in [0.25, 0.3) is 0 Å². The average Bonchev–Trinajstić information content (AvgIpc) is 2.95. The van der Waals surface area contributed by atoms with Gasteiger partial charge in [0.2, 0.25) is 0 Å². The smallest absolute Gasteiger partial charge is 0.264 e. The summed E-state index contributed by atoms with van der Waals surface area (Å²) in [5.41, 5.74) is 2.89. The molecule has 1 aliphatic rings. The lowest BCUT2D eigenvalue weighted by Crippen LogP contribution is -2.47. The number of carbonyl (C=O) groups excluding carboxylic acids is 2. The van der Waals surface area contributed by atoms with E-state index in [9.17, 15) is 9.59 Å². The second-order valence-corrected chi connectivity index (χ2v) is 3.36. The highest BCUT2D eigenvalue weighted by Crippen LogP contribution is 2.25. The maximum Gasteiger partial charge on any atom is 0.264 e. The summed E-state index contributed by atoms with van der Waals surface area (Å²) < 4.78 is 0. The van der Waals surface area contributed by atoms with Crippen LogP contribution in [0.1, 0.15) is 19.8 Å². The summed E-state index contributed by atoms with van der Waals surface area (Å²) in [6, 6.07) is 0.129. The van der Waals surface area contributed by atoms with Gasteiger partial charge in [-0.2, -0.15) is 0 Å². The van der Waals surface area contributed by atoms with Gasteiger partial charge >= 0.3 is 0 Å². The zero-order chi connectivity index (χ0) is 10.7. The van der Waals surface area contributed by atoms with Crippen LogP contribution in [-0.4, -0.2) is 22.9 Å². The molecule has 1 saturated carbocycles. The number of hydrazine groups is 1. The monoisotopic (exact) mass is 194 g/mol. The van der Waals surface area contributed by atoms with Gasteiger partial charge in [0, 0.05) is 5.57 Å². The standard InChI is InChI=1S/C10H14N2O2/c1-4-9(13)12(8-5-6-8)11-10(14)7(2)3/h4,8H,1-2,5-6H2,3H3,(H,11,14). The first kappa shape index (κ1) is 10.5. The molecule has 76 valence electrons. The molecular weight excluding hydrogens is 180 g/mol. The molecule has 0 aromatic carbocycles. The van der Waals surface area contributed by atoms with Gasteiger partial charge in [-0.1, -0.05) is 13.2 Å². The van der Waals surface area contributed by atoms with Crippen molar-refractivity contribution in [1.29, 1.82) is 0 Å². The molecule has 4 heteroatoms. The van der Waals surface area contributed by atoms with Crippen molar-refractivity contribution < 1.29 is 9.59 Å². The van der Waals surface area contributed by atoms with E-state index in [1.165, 1.54) is 11.1 Å². The maximum atomic E-state index is 11.3. The summed E-state index contributed by atoms with van der Waals surface area (Å²) in [5, 5.41) is 1.32. The molecule has 0 aromatic rings. The Hall–Kier alpha value is -1.58. The molecule has 4 nitrogen and oxygen atoms in total. The minimum absolute atomic E-state index is 0.129. The number of nitrogens with zero attached hydrogens (tertiary/aromatic N) is 1. The lowest BCUT2D eigenvalue weighted by atomic mass is 10.3. The number of amides is 2. The molecule has 0 atom stereocenters. The van der Waals surface area contributed by atoms with Crippen LogP contribution >= 0.6 is 0 Å². The molecule has 0 unspecified atom stereocenters. The van der Waals surface area contributed by atoms with Crippen molar-refractivity contribution >= 4 is 11.8 Å². The van der Waals surface area contributed by atoms with E-state index >= 15 is 0 Å². The van der Waals surface area contributed by atoms with Crippen molar-refractivity contribution in [3.63, 3.8) is 0 Å². The number of nitrogens with one attached hydrogen (secondary N) is 1. The van der Waals surface area contributed by atoms with Crippen LogP contribution in [0, 0.1) is 0 Å². The van der Waals surface area contributed by atoms with Crippen molar-refractivity contribution in [2.45, 2.75) is 25.8 Å². The first-order valence-electron chi connectivity index (χ1n) is 4.48. The van der Waals surface area contributed by atoms with Gasteiger partial charge in [0.15, 0.2) is 0 Å². The zero-order valence-electron chi connectivity index (χ0n) is 8.25. The van der Waals surface area contributed by atoms with Crippen molar-refractivity contribution in [2.24, 2.45) is 0 Å². The van der Waals surface area contributed by atoms with Crippen LogP contribution in [0.4, 0.5) is 0 Å². The lowest BCUT2D eigenvalue weighted by molar-refractivity contribution is -0.136. The van der Waals surface area contributed by atoms with Crippen molar-refractivity contribution in [3.8, 4) is 0 Å². The predicted molar refractivity (Wildman–Crippen MR) is 53.0 cm³/mol. The van der Waals surface area contributed by atoms with E-state index in [0.717, 1.165) is 12.8 Å². The van der Waals surface area contributed by atoms with E-state index in [1.54, 1.807) is 6.92 Å². The average molecular weight is 194 g/mol. The Morgan fingerprint density at radius 1 is 1.50 bits per heavy atom. The zero-order valence-corrected chi connectivity index (χ0v) is 8.25. The Bertz CT molecular complexity index is 292. The van der Waals surface area contributed by atoms with E-state index < -0.39 is 0 Å². The third-order valence-corrected chi connectivity index (χ3v) is 1.93. The Kier molecular flexibility index (Phi) is 3.06. The fourth-order valence-corrected chi connectivity index (χ4v) is 0.962. The number of rotatable bonds is 3. The molecule has 0 heterocycles. The molecule has 0 spiro atoms. The Morgan fingerprint density at radius 2 is 2.07 bits per heavy atom. The molecule has 2 amide bonds. The van der Waals surface area contributed by atoms with Gasteiger partial charge in [0.25, 0.3) is 11.8 Å². The van der Waals surface area contributed by atoms with E-state index in [-0.39, 0.29) is 17.9 Å². The summed E-state index contributed by atoms with van der Waals surface area (Å²) in [6.45, 7) is 8.47. The molecule has 0 radical (unpaired) electrons. The van der Waals surface area contributed by atoms with Gasteiger partial charge < -0.3 is 0 Å². The minimum Gasteiger partial charge on any atom is -0.268 e. The van der Waals surface area contributed by atoms with Gasteiger partial charge in [-0.3, -0.25) is 15.0 Å². The fourth-order valence-electron chi connectivity index (χ4n) is 0.962. The van der Waals surface area contributed by atoms with Crippen molar-refractivity contribution in [1.82, 2.24) is 10.4 Å². The van der Waals surface area contributed by atoms with Crippen LogP contribution in [0.15, 0.2) is 24.8 Å². The van der Waals surface area contributed by atoms with Crippen molar-refractivity contribution in [3.05, 3.63) is 24.8 Å². The molecule has 1 rings (SSSR count). The van der Waals surface area contributed by atoms with Crippen LogP contribution < -0.4 is 5.43 Å². The Balaban J connectivity index is 2.60. The molecule has 0 aliphatic heterocycles. The summed E-state index contributed by atoms with van der Waals surface area (Å²) in [5.74, 6) is -0.603. The second-order valence-electron chi connectivity index (χ2n) is 3.36. The molecule has 1 fully saturated rings. The normalized spacial score (nSPS) is 14.4. The third-order valence-electron chi connectivity index (χ3n) is 1.93. The summed E-state index contributed by atoms with van der Waals surface area (Å²) in [7, 11) is 0. The molecule has 1 aliphatic carbocycles. The largest absolute Gasteiger partial charge is 0.268 e. The molecule has 0 aromatic heterocycles. The SMILES string of the molecule is C=CC(=O)N(NC(=O)C(=C)C)C1CC1. The highest BCUT2D eigenvalue weighted by atomic mass is 16.2. The minimum atomic E-state index is -0.327. The predicted octanol–water partition coefficient (Wildman–Crippen LogP) is 0.771. The molecule has 14 heavy (non-hydrogen) atoms. The van der Waals surface area contributed by atoms with Gasteiger partial charge in [0.05, 0.1) is 6.04 Å². The van der Waals surface area contributed by atoms with Crippen LogP contribution in [0.2, 0.25) is 0 Å². The Labute approximate surface area is 83.2 Å². The lowest BCUT2D eigenvalue weighted by Gasteiger charge is -2.21. The number of carbonyl (C=O) groups is 2. The fraction of sp³-hybridized carbons (Fsp3) is 0.400. The highest BCUT2D eigenvalue weighted by Gasteiger charge is 2.32. The summed E-state index contributed by atoms with van der Waals surface area (Å²) >= 11 is 0. The number of hydrogen-bond acceptors (Lipinski definition) is 2. The molecule has 1 N–H and O–H groups in total. The summed E-state index contributed by atoms with van der Waals surface area (Å²) in [4.78, 5) is 22.6. The topological polar surface area (TPSA) is 49.4 Å².